The van der Waals surface area contributed by atoms with Crippen LogP contribution in [0.5, 0.6) is 0 Å². The number of anilines is 1. The number of fused-ring (bicyclic) bond motifs is 1. The molecule has 7 heteroatoms. The Bertz CT molecular complexity index is 989. The highest BCUT2D eigenvalue weighted by Gasteiger charge is 2.07. The molecular weight excluding hydrogens is 341 g/mol. The topological polar surface area (TPSA) is 72.0 Å². The van der Waals surface area contributed by atoms with Crippen LogP contribution in [-0.4, -0.2) is 31.2 Å². The Morgan fingerprint density at radius 1 is 1.08 bits per heavy atom. The second kappa shape index (κ2) is 7.14. The molecule has 25 heavy (non-hydrogen) atoms. The SMILES string of the molecule is CS(=O)(=O)c1ccc(CCCNc2ncnc3ccc(F)cc23)cc1. The van der Waals surface area contributed by atoms with Gasteiger partial charge in [-0.25, -0.2) is 22.8 Å². The summed E-state index contributed by atoms with van der Waals surface area (Å²) in [4.78, 5) is 8.62. The normalized spacial score (nSPS) is 11.6. The highest BCUT2D eigenvalue weighted by molar-refractivity contribution is 7.90. The van der Waals surface area contributed by atoms with Crippen LogP contribution in [0.25, 0.3) is 10.9 Å². The third-order valence-electron chi connectivity index (χ3n) is 3.88. The largest absolute Gasteiger partial charge is 0.369 e. The molecule has 0 amide bonds. The predicted octanol–water partition coefficient (Wildman–Crippen LogP) is 3.22. The molecule has 0 fully saturated rings. The lowest BCUT2D eigenvalue weighted by molar-refractivity contribution is 0.602. The average molecular weight is 359 g/mol. The Hall–Kier alpha value is -2.54. The van der Waals surface area contributed by atoms with Crippen LogP contribution in [0, 0.1) is 5.82 Å². The molecule has 0 aliphatic carbocycles. The molecular formula is C18H18FN3O2S. The lowest BCUT2D eigenvalue weighted by Crippen LogP contribution is -2.06. The third-order valence-corrected chi connectivity index (χ3v) is 5.01. The molecule has 1 N–H and O–H groups in total. The highest BCUT2D eigenvalue weighted by Crippen LogP contribution is 2.20. The summed E-state index contributed by atoms with van der Waals surface area (Å²) in [5.41, 5.74) is 1.75. The van der Waals surface area contributed by atoms with Crippen molar-refractivity contribution >= 4 is 26.6 Å². The molecule has 0 saturated heterocycles. The number of hydrogen-bond donors (Lipinski definition) is 1. The van der Waals surface area contributed by atoms with E-state index in [0.29, 0.717) is 28.2 Å². The molecule has 0 aliphatic rings. The van der Waals surface area contributed by atoms with Crippen LogP contribution >= 0.6 is 0 Å². The maximum atomic E-state index is 13.4. The number of hydrogen-bond acceptors (Lipinski definition) is 5. The number of sulfone groups is 1. The number of benzene rings is 2. The van der Waals surface area contributed by atoms with Crippen LogP contribution in [0.1, 0.15) is 12.0 Å². The van der Waals surface area contributed by atoms with E-state index in [1.165, 1.54) is 24.7 Å². The molecule has 3 aromatic rings. The Morgan fingerprint density at radius 3 is 2.56 bits per heavy atom. The summed E-state index contributed by atoms with van der Waals surface area (Å²) >= 11 is 0. The number of aromatic nitrogens is 2. The standard InChI is InChI=1S/C18H18FN3O2S/c1-25(23,24)15-7-4-13(5-8-15)3-2-10-20-18-16-11-14(19)6-9-17(16)21-12-22-18/h4-9,11-12H,2-3,10H2,1H3,(H,20,21,22). The van der Waals surface area contributed by atoms with Crippen molar-refractivity contribution in [3.05, 3.63) is 60.2 Å². The average Bonchev–Trinajstić information content (AvgIpc) is 2.58. The zero-order valence-corrected chi connectivity index (χ0v) is 14.6. The highest BCUT2D eigenvalue weighted by atomic mass is 32.2. The Morgan fingerprint density at radius 2 is 1.84 bits per heavy atom. The van der Waals surface area contributed by atoms with Gasteiger partial charge in [0, 0.05) is 18.2 Å². The van der Waals surface area contributed by atoms with E-state index < -0.39 is 9.84 Å². The summed E-state index contributed by atoms with van der Waals surface area (Å²) in [6.07, 6.45) is 4.28. The first-order valence-corrected chi connectivity index (χ1v) is 9.76. The molecule has 0 atom stereocenters. The minimum Gasteiger partial charge on any atom is -0.369 e. The van der Waals surface area contributed by atoms with Crippen LogP contribution in [0.3, 0.4) is 0 Å². The predicted molar refractivity (Wildman–Crippen MR) is 95.9 cm³/mol. The fourth-order valence-corrected chi connectivity index (χ4v) is 3.20. The van der Waals surface area contributed by atoms with E-state index in [4.69, 9.17) is 0 Å². The number of halogens is 1. The lowest BCUT2D eigenvalue weighted by atomic mass is 10.1. The van der Waals surface area contributed by atoms with E-state index in [2.05, 4.69) is 15.3 Å². The van der Waals surface area contributed by atoms with Crippen LogP contribution in [0.4, 0.5) is 10.2 Å². The minimum atomic E-state index is -3.16. The Labute approximate surface area is 145 Å². The fraction of sp³-hybridized carbons (Fsp3) is 0.222. The zero-order chi connectivity index (χ0) is 17.9. The molecule has 0 aliphatic heterocycles. The molecule has 0 unspecified atom stereocenters. The monoisotopic (exact) mass is 359 g/mol. The van der Waals surface area contributed by atoms with Gasteiger partial charge in [-0.05, 0) is 48.7 Å². The van der Waals surface area contributed by atoms with E-state index in [0.717, 1.165) is 18.4 Å². The Kier molecular flexibility index (Phi) is 4.94. The number of nitrogens with one attached hydrogen (secondary N) is 1. The maximum absolute atomic E-state index is 13.4. The van der Waals surface area contributed by atoms with E-state index in [1.807, 2.05) is 12.1 Å². The summed E-state index contributed by atoms with van der Waals surface area (Å²) in [6.45, 7) is 0.663. The second-order valence-corrected chi connectivity index (χ2v) is 7.85. The number of rotatable bonds is 6. The molecule has 1 aromatic heterocycles. The molecule has 0 spiro atoms. The quantitative estimate of drug-likeness (QED) is 0.684. The number of nitrogens with zero attached hydrogens (tertiary/aromatic N) is 2. The zero-order valence-electron chi connectivity index (χ0n) is 13.7. The van der Waals surface area contributed by atoms with Gasteiger partial charge in [0.25, 0.3) is 0 Å². The molecule has 130 valence electrons. The van der Waals surface area contributed by atoms with Gasteiger partial charge in [-0.2, -0.15) is 0 Å². The van der Waals surface area contributed by atoms with E-state index in [-0.39, 0.29) is 5.82 Å². The number of aryl methyl sites for hydroxylation is 1. The van der Waals surface area contributed by atoms with Crippen LogP contribution < -0.4 is 5.32 Å². The lowest BCUT2D eigenvalue weighted by Gasteiger charge is -2.08. The van der Waals surface area contributed by atoms with E-state index >= 15 is 0 Å². The van der Waals surface area contributed by atoms with Gasteiger partial charge in [0.1, 0.15) is 18.0 Å². The van der Waals surface area contributed by atoms with Gasteiger partial charge >= 0.3 is 0 Å². The summed E-state index contributed by atoms with van der Waals surface area (Å²) in [5.74, 6) is 0.285. The van der Waals surface area contributed by atoms with Crippen LogP contribution in [0.15, 0.2) is 53.7 Å². The first-order chi connectivity index (χ1) is 11.9. The van der Waals surface area contributed by atoms with Crippen molar-refractivity contribution < 1.29 is 12.8 Å². The van der Waals surface area contributed by atoms with Crippen molar-refractivity contribution in [3.63, 3.8) is 0 Å². The van der Waals surface area contributed by atoms with E-state index in [1.54, 1.807) is 18.2 Å². The van der Waals surface area contributed by atoms with Crippen molar-refractivity contribution in [2.45, 2.75) is 17.7 Å². The first-order valence-electron chi connectivity index (χ1n) is 7.86. The van der Waals surface area contributed by atoms with Crippen molar-refractivity contribution in [1.82, 2.24) is 9.97 Å². The fourth-order valence-electron chi connectivity index (χ4n) is 2.57. The summed E-state index contributed by atoms with van der Waals surface area (Å²) < 4.78 is 36.3. The van der Waals surface area contributed by atoms with Gasteiger partial charge in [0.15, 0.2) is 9.84 Å². The molecule has 5 nitrogen and oxygen atoms in total. The summed E-state index contributed by atoms with van der Waals surface area (Å²) in [6, 6.07) is 11.3. The van der Waals surface area contributed by atoms with Gasteiger partial charge in [-0.1, -0.05) is 12.1 Å². The van der Waals surface area contributed by atoms with E-state index in [9.17, 15) is 12.8 Å². The van der Waals surface area contributed by atoms with Crippen LogP contribution in [0.2, 0.25) is 0 Å². The molecule has 0 bridgehead atoms. The molecule has 0 saturated carbocycles. The van der Waals surface area contributed by atoms with Crippen molar-refractivity contribution in [2.75, 3.05) is 18.1 Å². The van der Waals surface area contributed by atoms with Crippen molar-refractivity contribution in [3.8, 4) is 0 Å². The van der Waals surface area contributed by atoms with Gasteiger partial charge in [0.05, 0.1) is 10.4 Å². The second-order valence-electron chi connectivity index (χ2n) is 5.83. The Balaban J connectivity index is 1.60. The third kappa shape index (κ3) is 4.30. The summed E-state index contributed by atoms with van der Waals surface area (Å²) in [7, 11) is -3.16. The van der Waals surface area contributed by atoms with Crippen molar-refractivity contribution in [1.29, 1.82) is 0 Å². The van der Waals surface area contributed by atoms with Gasteiger partial charge in [-0.3, -0.25) is 0 Å². The maximum Gasteiger partial charge on any atom is 0.175 e. The molecule has 2 aromatic carbocycles. The molecule has 1 heterocycles. The van der Waals surface area contributed by atoms with Gasteiger partial charge in [-0.15, -0.1) is 0 Å². The smallest absolute Gasteiger partial charge is 0.175 e. The van der Waals surface area contributed by atoms with Gasteiger partial charge < -0.3 is 5.32 Å². The van der Waals surface area contributed by atoms with Gasteiger partial charge in [0.2, 0.25) is 0 Å². The van der Waals surface area contributed by atoms with Crippen LogP contribution in [-0.2, 0) is 16.3 Å². The first kappa shape index (κ1) is 17.3. The molecule has 3 rings (SSSR count). The molecule has 0 radical (unpaired) electrons. The van der Waals surface area contributed by atoms with Crippen molar-refractivity contribution in [2.24, 2.45) is 0 Å². The summed E-state index contributed by atoms with van der Waals surface area (Å²) in [5, 5.41) is 3.86. The minimum absolute atomic E-state index is 0.323.